The van der Waals surface area contributed by atoms with E-state index >= 15 is 0 Å². The molecule has 2 aromatic carbocycles. The van der Waals surface area contributed by atoms with Crippen molar-refractivity contribution in [2.45, 2.75) is 18.9 Å². The highest BCUT2D eigenvalue weighted by Crippen LogP contribution is 2.34. The third kappa shape index (κ3) is 3.45. The molecule has 4 heteroatoms. The zero-order valence-corrected chi connectivity index (χ0v) is 12.3. The van der Waals surface area contributed by atoms with E-state index in [4.69, 9.17) is 4.74 Å². The number of para-hydroxylation sites is 1. The molecule has 0 aromatic heterocycles. The molecular formula is C18H19F2NO. The van der Waals surface area contributed by atoms with Crippen molar-refractivity contribution >= 4 is 0 Å². The minimum Gasteiger partial charge on any atom is -0.482 e. The third-order valence-electron chi connectivity index (χ3n) is 4.08. The van der Waals surface area contributed by atoms with Gasteiger partial charge in [-0.1, -0.05) is 24.3 Å². The van der Waals surface area contributed by atoms with Gasteiger partial charge in [-0.3, -0.25) is 0 Å². The van der Waals surface area contributed by atoms with Crippen LogP contribution in [-0.2, 0) is 0 Å². The highest BCUT2D eigenvalue weighted by Gasteiger charge is 2.27. The molecule has 3 rings (SSSR count). The lowest BCUT2D eigenvalue weighted by Gasteiger charge is -2.31. The molecule has 0 aliphatic carbocycles. The van der Waals surface area contributed by atoms with Crippen molar-refractivity contribution in [3.8, 4) is 5.75 Å². The highest BCUT2D eigenvalue weighted by molar-refractivity contribution is 5.27. The van der Waals surface area contributed by atoms with Gasteiger partial charge in [0, 0.05) is 5.92 Å². The van der Waals surface area contributed by atoms with Crippen molar-refractivity contribution in [2.75, 3.05) is 13.1 Å². The van der Waals surface area contributed by atoms with Gasteiger partial charge in [0.05, 0.1) is 0 Å². The van der Waals surface area contributed by atoms with E-state index in [-0.39, 0.29) is 23.6 Å². The number of benzene rings is 2. The topological polar surface area (TPSA) is 21.3 Å². The molecule has 2 nitrogen and oxygen atoms in total. The second-order valence-corrected chi connectivity index (χ2v) is 5.61. The van der Waals surface area contributed by atoms with Gasteiger partial charge in [-0.2, -0.15) is 0 Å². The summed E-state index contributed by atoms with van der Waals surface area (Å²) in [6.45, 7) is 1.80. The molecule has 0 spiro atoms. The summed E-state index contributed by atoms with van der Waals surface area (Å²) in [7, 11) is 0. The second kappa shape index (κ2) is 6.88. The number of hydrogen-bond acceptors (Lipinski definition) is 2. The average molecular weight is 303 g/mol. The molecule has 1 fully saturated rings. The molecule has 116 valence electrons. The zero-order valence-electron chi connectivity index (χ0n) is 12.3. The summed E-state index contributed by atoms with van der Waals surface area (Å²) in [6.07, 6.45) is 1.51. The minimum atomic E-state index is -0.391. The Morgan fingerprint density at radius 2 is 1.77 bits per heavy atom. The summed E-state index contributed by atoms with van der Waals surface area (Å²) < 4.78 is 33.4. The van der Waals surface area contributed by atoms with E-state index in [0.29, 0.717) is 0 Å². The van der Waals surface area contributed by atoms with Crippen LogP contribution in [0.3, 0.4) is 0 Å². The molecule has 0 unspecified atom stereocenters. The molecule has 0 saturated carbocycles. The normalized spacial score (nSPS) is 17.2. The average Bonchev–Trinajstić information content (AvgIpc) is 2.55. The Labute approximate surface area is 129 Å². The smallest absolute Gasteiger partial charge is 0.165 e. The van der Waals surface area contributed by atoms with Crippen LogP contribution in [0.25, 0.3) is 0 Å². The molecule has 1 heterocycles. The van der Waals surface area contributed by atoms with Crippen LogP contribution < -0.4 is 10.1 Å². The van der Waals surface area contributed by atoms with Gasteiger partial charge >= 0.3 is 0 Å². The largest absolute Gasteiger partial charge is 0.482 e. The van der Waals surface area contributed by atoms with Gasteiger partial charge in [0.1, 0.15) is 11.9 Å². The lowest BCUT2D eigenvalue weighted by Crippen LogP contribution is -2.32. The number of piperidine rings is 1. The lowest BCUT2D eigenvalue weighted by molar-refractivity contribution is 0.107. The molecular weight excluding hydrogens is 284 g/mol. The Hall–Kier alpha value is -1.94. The van der Waals surface area contributed by atoms with Gasteiger partial charge in [-0.25, -0.2) is 8.78 Å². The summed E-state index contributed by atoms with van der Waals surface area (Å²) in [5, 5.41) is 3.30. The third-order valence-corrected chi connectivity index (χ3v) is 4.08. The van der Waals surface area contributed by atoms with E-state index in [2.05, 4.69) is 5.32 Å². The maximum atomic E-state index is 13.9. The van der Waals surface area contributed by atoms with Crippen LogP contribution in [0.15, 0.2) is 48.5 Å². The van der Waals surface area contributed by atoms with Gasteiger partial charge in [-0.15, -0.1) is 0 Å². The molecule has 0 bridgehead atoms. The molecule has 1 saturated heterocycles. The van der Waals surface area contributed by atoms with E-state index in [0.717, 1.165) is 31.5 Å². The minimum absolute atomic E-state index is 0.218. The zero-order chi connectivity index (χ0) is 15.4. The van der Waals surface area contributed by atoms with E-state index < -0.39 is 5.82 Å². The standard InChI is InChI=1S/C18H19F2NO/c19-15-5-3-4-14(12-15)18(13-8-10-21-11-9-13)22-17-7-2-1-6-16(17)20/h1-7,12-13,18,21H,8-11H2/t18-/m1/s1. The molecule has 2 aromatic rings. The van der Waals surface area contributed by atoms with E-state index in [1.54, 1.807) is 24.3 Å². The van der Waals surface area contributed by atoms with Crippen molar-refractivity contribution in [1.82, 2.24) is 5.32 Å². The SMILES string of the molecule is Fc1cccc([C@H](Oc2ccccc2F)C2CCNCC2)c1. The van der Waals surface area contributed by atoms with Crippen molar-refractivity contribution in [2.24, 2.45) is 5.92 Å². The molecule has 1 aliphatic rings. The first-order valence-corrected chi connectivity index (χ1v) is 7.61. The second-order valence-electron chi connectivity index (χ2n) is 5.61. The van der Waals surface area contributed by atoms with E-state index in [1.165, 1.54) is 18.2 Å². The Balaban J connectivity index is 1.90. The lowest BCUT2D eigenvalue weighted by atomic mass is 9.88. The number of rotatable bonds is 4. The van der Waals surface area contributed by atoms with E-state index in [9.17, 15) is 8.78 Å². The predicted molar refractivity (Wildman–Crippen MR) is 81.8 cm³/mol. The fourth-order valence-electron chi connectivity index (χ4n) is 2.94. The van der Waals surface area contributed by atoms with Gasteiger partial charge in [0.25, 0.3) is 0 Å². The van der Waals surface area contributed by atoms with Crippen LogP contribution in [-0.4, -0.2) is 13.1 Å². The Morgan fingerprint density at radius 1 is 1.00 bits per heavy atom. The number of hydrogen-bond donors (Lipinski definition) is 1. The molecule has 1 N–H and O–H groups in total. The molecule has 22 heavy (non-hydrogen) atoms. The van der Waals surface area contributed by atoms with Gasteiger partial charge < -0.3 is 10.1 Å². The van der Waals surface area contributed by atoms with Crippen molar-refractivity contribution < 1.29 is 13.5 Å². The quantitative estimate of drug-likeness (QED) is 0.919. The fourth-order valence-corrected chi connectivity index (χ4v) is 2.94. The Bertz CT molecular complexity index is 626. The first-order valence-electron chi connectivity index (χ1n) is 7.61. The summed E-state index contributed by atoms with van der Waals surface area (Å²) in [5.41, 5.74) is 0.759. The van der Waals surface area contributed by atoms with Crippen molar-refractivity contribution in [1.29, 1.82) is 0 Å². The van der Waals surface area contributed by atoms with Crippen LogP contribution in [0, 0.1) is 17.6 Å². The van der Waals surface area contributed by atoms with Crippen molar-refractivity contribution in [3.63, 3.8) is 0 Å². The van der Waals surface area contributed by atoms with Gasteiger partial charge in [0.15, 0.2) is 11.6 Å². The first-order chi connectivity index (χ1) is 10.7. The predicted octanol–water partition coefficient (Wildman–Crippen LogP) is 4.08. The van der Waals surface area contributed by atoms with Crippen LogP contribution in [0.4, 0.5) is 8.78 Å². The monoisotopic (exact) mass is 303 g/mol. The first kappa shape index (κ1) is 15.0. The van der Waals surface area contributed by atoms with Crippen LogP contribution in [0.2, 0.25) is 0 Å². The molecule has 0 radical (unpaired) electrons. The van der Waals surface area contributed by atoms with Gasteiger partial charge in [0.2, 0.25) is 0 Å². The summed E-state index contributed by atoms with van der Waals surface area (Å²) in [6, 6.07) is 12.8. The van der Waals surface area contributed by atoms with Crippen LogP contribution in [0.1, 0.15) is 24.5 Å². The summed E-state index contributed by atoms with van der Waals surface area (Å²) in [5.74, 6) is -0.232. The number of nitrogens with one attached hydrogen (secondary N) is 1. The fraction of sp³-hybridized carbons (Fsp3) is 0.333. The number of ether oxygens (including phenoxy) is 1. The Morgan fingerprint density at radius 3 is 2.50 bits per heavy atom. The van der Waals surface area contributed by atoms with Gasteiger partial charge in [-0.05, 0) is 55.8 Å². The summed E-state index contributed by atoms with van der Waals surface area (Å²) >= 11 is 0. The molecule has 0 amide bonds. The highest BCUT2D eigenvalue weighted by atomic mass is 19.1. The number of halogens is 2. The molecule has 1 atom stereocenters. The van der Waals surface area contributed by atoms with Crippen molar-refractivity contribution in [3.05, 3.63) is 65.7 Å². The van der Waals surface area contributed by atoms with Crippen LogP contribution >= 0.6 is 0 Å². The maximum Gasteiger partial charge on any atom is 0.165 e. The summed E-state index contributed by atoms with van der Waals surface area (Å²) in [4.78, 5) is 0. The Kier molecular flexibility index (Phi) is 4.68. The van der Waals surface area contributed by atoms with E-state index in [1.807, 2.05) is 6.07 Å². The van der Waals surface area contributed by atoms with Crippen LogP contribution in [0.5, 0.6) is 5.75 Å². The molecule has 1 aliphatic heterocycles. The maximum absolute atomic E-state index is 13.9.